The van der Waals surface area contributed by atoms with Crippen LogP contribution < -0.4 is 5.32 Å². The molecule has 0 saturated carbocycles. The third-order valence-electron chi connectivity index (χ3n) is 3.06. The standard InChI is InChI=1S/C15H16N2O3S/c1-4-20-14(19)12-8-21-15(16-12)17-13(18)11-7-5-6-9(2)10(11)3/h5-8H,4H2,1-3H3,(H,16,17,18). The number of benzene rings is 1. The Morgan fingerprint density at radius 2 is 2.10 bits per heavy atom. The average Bonchev–Trinajstić information content (AvgIpc) is 2.90. The molecule has 5 nitrogen and oxygen atoms in total. The van der Waals surface area contributed by atoms with Gasteiger partial charge >= 0.3 is 5.97 Å². The molecule has 0 atom stereocenters. The summed E-state index contributed by atoms with van der Waals surface area (Å²) in [5.41, 5.74) is 2.78. The van der Waals surface area contributed by atoms with Gasteiger partial charge in [-0.3, -0.25) is 10.1 Å². The van der Waals surface area contributed by atoms with Gasteiger partial charge in [-0.15, -0.1) is 11.3 Å². The van der Waals surface area contributed by atoms with Crippen molar-refractivity contribution in [3.8, 4) is 0 Å². The van der Waals surface area contributed by atoms with E-state index in [9.17, 15) is 9.59 Å². The number of anilines is 1. The van der Waals surface area contributed by atoms with Crippen LogP contribution in [0.15, 0.2) is 23.6 Å². The third-order valence-corrected chi connectivity index (χ3v) is 3.82. The van der Waals surface area contributed by atoms with Crippen molar-refractivity contribution < 1.29 is 14.3 Å². The van der Waals surface area contributed by atoms with Crippen LogP contribution in [-0.4, -0.2) is 23.5 Å². The van der Waals surface area contributed by atoms with Gasteiger partial charge in [-0.25, -0.2) is 9.78 Å². The van der Waals surface area contributed by atoms with Gasteiger partial charge < -0.3 is 4.74 Å². The highest BCUT2D eigenvalue weighted by Crippen LogP contribution is 2.19. The molecule has 6 heteroatoms. The lowest BCUT2D eigenvalue weighted by atomic mass is 10.0. The summed E-state index contributed by atoms with van der Waals surface area (Å²) < 4.78 is 4.86. The summed E-state index contributed by atoms with van der Waals surface area (Å²) in [5, 5.41) is 4.65. The molecule has 2 rings (SSSR count). The summed E-state index contributed by atoms with van der Waals surface area (Å²) >= 11 is 1.19. The molecular formula is C15H16N2O3S. The van der Waals surface area contributed by atoms with Gasteiger partial charge in [0.15, 0.2) is 10.8 Å². The van der Waals surface area contributed by atoms with Crippen LogP contribution in [0.2, 0.25) is 0 Å². The highest BCUT2D eigenvalue weighted by Gasteiger charge is 2.15. The van der Waals surface area contributed by atoms with E-state index in [1.165, 1.54) is 11.3 Å². The molecule has 0 bridgehead atoms. The Hall–Kier alpha value is -2.21. The number of esters is 1. The van der Waals surface area contributed by atoms with Crippen LogP contribution in [0.25, 0.3) is 0 Å². The fraction of sp³-hybridized carbons (Fsp3) is 0.267. The Bertz CT molecular complexity index is 679. The molecule has 0 saturated heterocycles. The van der Waals surface area contributed by atoms with Crippen molar-refractivity contribution in [2.75, 3.05) is 11.9 Å². The van der Waals surface area contributed by atoms with Gasteiger partial charge in [-0.2, -0.15) is 0 Å². The summed E-state index contributed by atoms with van der Waals surface area (Å²) in [6.45, 7) is 5.87. The summed E-state index contributed by atoms with van der Waals surface area (Å²) in [6.07, 6.45) is 0. The number of nitrogens with zero attached hydrogens (tertiary/aromatic N) is 1. The summed E-state index contributed by atoms with van der Waals surface area (Å²) in [6, 6.07) is 5.55. The minimum atomic E-state index is -0.485. The molecule has 0 aliphatic heterocycles. The lowest BCUT2D eigenvalue weighted by Crippen LogP contribution is -2.14. The first-order valence-corrected chi connectivity index (χ1v) is 7.41. The normalized spacial score (nSPS) is 10.2. The second kappa shape index (κ2) is 6.49. The summed E-state index contributed by atoms with van der Waals surface area (Å²) in [4.78, 5) is 27.8. The summed E-state index contributed by atoms with van der Waals surface area (Å²) in [7, 11) is 0. The van der Waals surface area contributed by atoms with Gasteiger partial charge in [0.05, 0.1) is 6.61 Å². The first-order chi connectivity index (χ1) is 10.0. The number of hydrogen-bond donors (Lipinski definition) is 1. The highest BCUT2D eigenvalue weighted by molar-refractivity contribution is 7.14. The topological polar surface area (TPSA) is 68.3 Å². The van der Waals surface area contributed by atoms with Crippen LogP contribution >= 0.6 is 11.3 Å². The van der Waals surface area contributed by atoms with E-state index in [2.05, 4.69) is 10.3 Å². The van der Waals surface area contributed by atoms with E-state index in [4.69, 9.17) is 4.74 Å². The smallest absolute Gasteiger partial charge is 0.357 e. The Labute approximate surface area is 127 Å². The van der Waals surface area contributed by atoms with E-state index < -0.39 is 5.97 Å². The summed E-state index contributed by atoms with van der Waals surface area (Å²) in [5.74, 6) is -0.720. The lowest BCUT2D eigenvalue weighted by molar-refractivity contribution is 0.0520. The van der Waals surface area contributed by atoms with Crippen molar-refractivity contribution in [1.82, 2.24) is 4.98 Å². The van der Waals surface area contributed by atoms with E-state index in [0.29, 0.717) is 17.3 Å². The lowest BCUT2D eigenvalue weighted by Gasteiger charge is -2.07. The number of carbonyl (C=O) groups excluding carboxylic acids is 2. The van der Waals surface area contributed by atoms with Crippen LogP contribution in [0.5, 0.6) is 0 Å². The number of amides is 1. The fourth-order valence-electron chi connectivity index (χ4n) is 1.79. The number of thiazole rings is 1. The molecule has 21 heavy (non-hydrogen) atoms. The maximum atomic E-state index is 12.2. The minimum Gasteiger partial charge on any atom is -0.461 e. The van der Waals surface area contributed by atoms with Gasteiger partial charge in [-0.05, 0) is 38.0 Å². The molecule has 1 heterocycles. The molecule has 0 spiro atoms. The molecule has 2 aromatic rings. The molecule has 110 valence electrons. The first kappa shape index (κ1) is 15.2. The fourth-order valence-corrected chi connectivity index (χ4v) is 2.47. The van der Waals surface area contributed by atoms with Gasteiger partial charge in [0.2, 0.25) is 0 Å². The van der Waals surface area contributed by atoms with E-state index >= 15 is 0 Å². The van der Waals surface area contributed by atoms with Crippen LogP contribution in [0.4, 0.5) is 5.13 Å². The SMILES string of the molecule is CCOC(=O)c1csc(NC(=O)c2cccc(C)c2C)n1. The Morgan fingerprint density at radius 3 is 2.81 bits per heavy atom. The van der Waals surface area contributed by atoms with Crippen molar-refractivity contribution in [3.05, 3.63) is 46.0 Å². The number of aryl methyl sites for hydroxylation is 1. The zero-order valence-electron chi connectivity index (χ0n) is 12.1. The maximum absolute atomic E-state index is 12.2. The molecule has 0 radical (unpaired) electrons. The number of nitrogens with one attached hydrogen (secondary N) is 1. The van der Waals surface area contributed by atoms with E-state index in [-0.39, 0.29) is 11.6 Å². The predicted octanol–water partition coefficient (Wildman–Crippen LogP) is 3.19. The van der Waals surface area contributed by atoms with Gasteiger partial charge in [0.1, 0.15) is 0 Å². The van der Waals surface area contributed by atoms with Crippen LogP contribution in [0.1, 0.15) is 38.9 Å². The maximum Gasteiger partial charge on any atom is 0.357 e. The van der Waals surface area contributed by atoms with E-state index in [1.54, 1.807) is 18.4 Å². The van der Waals surface area contributed by atoms with Crippen molar-refractivity contribution >= 4 is 28.3 Å². The molecule has 1 aromatic heterocycles. The number of carbonyl (C=O) groups is 2. The minimum absolute atomic E-state index is 0.207. The van der Waals surface area contributed by atoms with Crippen LogP contribution in [-0.2, 0) is 4.74 Å². The quantitative estimate of drug-likeness (QED) is 0.881. The highest BCUT2D eigenvalue weighted by atomic mass is 32.1. The molecule has 1 N–H and O–H groups in total. The number of hydrogen-bond acceptors (Lipinski definition) is 5. The van der Waals surface area contributed by atoms with E-state index in [0.717, 1.165) is 11.1 Å². The van der Waals surface area contributed by atoms with Gasteiger partial charge in [-0.1, -0.05) is 12.1 Å². The average molecular weight is 304 g/mol. The molecule has 1 aromatic carbocycles. The van der Waals surface area contributed by atoms with Crippen molar-refractivity contribution in [3.63, 3.8) is 0 Å². The first-order valence-electron chi connectivity index (χ1n) is 6.53. The number of rotatable bonds is 4. The zero-order valence-corrected chi connectivity index (χ0v) is 12.9. The molecule has 0 aliphatic rings. The number of ether oxygens (including phenoxy) is 1. The van der Waals surface area contributed by atoms with Crippen LogP contribution in [0.3, 0.4) is 0 Å². The van der Waals surface area contributed by atoms with Gasteiger partial charge in [0, 0.05) is 10.9 Å². The van der Waals surface area contributed by atoms with Crippen molar-refractivity contribution in [2.24, 2.45) is 0 Å². The molecular weight excluding hydrogens is 288 g/mol. The van der Waals surface area contributed by atoms with E-state index in [1.807, 2.05) is 26.0 Å². The number of aromatic nitrogens is 1. The largest absolute Gasteiger partial charge is 0.461 e. The second-order valence-electron chi connectivity index (χ2n) is 4.46. The third kappa shape index (κ3) is 3.46. The molecule has 1 amide bonds. The molecule has 0 aliphatic carbocycles. The van der Waals surface area contributed by atoms with Crippen LogP contribution in [0, 0.1) is 13.8 Å². The predicted molar refractivity (Wildman–Crippen MR) is 81.9 cm³/mol. The zero-order chi connectivity index (χ0) is 15.4. The Balaban J connectivity index is 2.13. The molecule has 0 unspecified atom stereocenters. The van der Waals surface area contributed by atoms with Gasteiger partial charge in [0.25, 0.3) is 5.91 Å². The molecule has 0 fully saturated rings. The second-order valence-corrected chi connectivity index (χ2v) is 5.32. The Kier molecular flexibility index (Phi) is 4.70. The van der Waals surface area contributed by atoms with Crippen molar-refractivity contribution in [1.29, 1.82) is 0 Å². The Morgan fingerprint density at radius 1 is 1.33 bits per heavy atom. The monoisotopic (exact) mass is 304 g/mol. The van der Waals surface area contributed by atoms with Crippen molar-refractivity contribution in [2.45, 2.75) is 20.8 Å².